The molecule has 18 heavy (non-hydrogen) atoms. The molecular weight excluding hydrogens is 224 g/mol. The Morgan fingerprint density at radius 3 is 2.28 bits per heavy atom. The molecule has 2 nitrogen and oxygen atoms in total. The third-order valence-electron chi connectivity index (χ3n) is 3.11. The van der Waals surface area contributed by atoms with Gasteiger partial charge in [-0.25, -0.2) is 0 Å². The zero-order valence-electron chi connectivity index (χ0n) is 11.2. The van der Waals surface area contributed by atoms with E-state index >= 15 is 0 Å². The lowest BCUT2D eigenvalue weighted by Gasteiger charge is -2.12. The van der Waals surface area contributed by atoms with Crippen molar-refractivity contribution in [2.24, 2.45) is 0 Å². The molecule has 93 valence electrons. The molecule has 0 spiro atoms. The van der Waals surface area contributed by atoms with Crippen molar-refractivity contribution in [3.8, 4) is 22.6 Å². The summed E-state index contributed by atoms with van der Waals surface area (Å²) in [5.41, 5.74) is 4.42. The summed E-state index contributed by atoms with van der Waals surface area (Å²) >= 11 is 0. The summed E-state index contributed by atoms with van der Waals surface area (Å²) in [4.78, 5) is 0. The molecule has 0 unspecified atom stereocenters. The number of methoxy groups -OCH3 is 2. The maximum absolute atomic E-state index is 5.34. The second-order valence-corrected chi connectivity index (χ2v) is 4.23. The standard InChI is InChI=1S/C16H17O2/c1-11-10-13(8-9-15(11)17-3)14-6-5-7-16(18-4)12(14)2/h5,7-10H,1-4H3. The Kier molecular flexibility index (Phi) is 3.56. The lowest BCUT2D eigenvalue weighted by Crippen LogP contribution is -1.92. The van der Waals surface area contributed by atoms with Crippen LogP contribution in [-0.2, 0) is 0 Å². The van der Waals surface area contributed by atoms with E-state index in [-0.39, 0.29) is 0 Å². The average Bonchev–Trinajstić information content (AvgIpc) is 2.39. The SMILES string of the molecule is COc1ccc(-c2[c]ccc(OC)c2C)cc1C. The van der Waals surface area contributed by atoms with E-state index in [1.165, 1.54) is 0 Å². The third kappa shape index (κ3) is 2.19. The highest BCUT2D eigenvalue weighted by molar-refractivity contribution is 5.70. The van der Waals surface area contributed by atoms with Gasteiger partial charge < -0.3 is 9.47 Å². The second-order valence-electron chi connectivity index (χ2n) is 4.23. The molecule has 0 aliphatic heterocycles. The molecule has 2 aromatic carbocycles. The fourth-order valence-electron chi connectivity index (χ4n) is 2.11. The van der Waals surface area contributed by atoms with E-state index in [9.17, 15) is 0 Å². The number of hydrogen-bond donors (Lipinski definition) is 0. The van der Waals surface area contributed by atoms with Gasteiger partial charge in [0.15, 0.2) is 0 Å². The summed E-state index contributed by atoms with van der Waals surface area (Å²) in [5.74, 6) is 1.79. The van der Waals surface area contributed by atoms with Crippen molar-refractivity contribution in [3.63, 3.8) is 0 Å². The van der Waals surface area contributed by atoms with Gasteiger partial charge in [-0.1, -0.05) is 12.1 Å². The number of benzene rings is 2. The summed E-state index contributed by atoms with van der Waals surface area (Å²) in [6.07, 6.45) is 0. The highest BCUT2D eigenvalue weighted by Crippen LogP contribution is 2.31. The molecule has 0 saturated carbocycles. The maximum atomic E-state index is 5.34. The van der Waals surface area contributed by atoms with Crippen molar-refractivity contribution in [1.82, 2.24) is 0 Å². The smallest absolute Gasteiger partial charge is 0.122 e. The molecule has 0 atom stereocenters. The molecule has 0 N–H and O–H groups in total. The molecule has 0 aliphatic rings. The van der Waals surface area contributed by atoms with Gasteiger partial charge in [0.2, 0.25) is 0 Å². The number of aryl methyl sites for hydroxylation is 1. The molecule has 2 rings (SSSR count). The summed E-state index contributed by atoms with van der Waals surface area (Å²) in [5, 5.41) is 0. The van der Waals surface area contributed by atoms with Crippen LogP contribution in [0.25, 0.3) is 11.1 Å². The van der Waals surface area contributed by atoms with Gasteiger partial charge in [-0.3, -0.25) is 0 Å². The molecule has 0 amide bonds. The number of ether oxygens (including phenoxy) is 2. The molecule has 2 heteroatoms. The molecule has 0 aromatic heterocycles. The van der Waals surface area contributed by atoms with Crippen molar-refractivity contribution in [1.29, 1.82) is 0 Å². The van der Waals surface area contributed by atoms with Gasteiger partial charge in [0.25, 0.3) is 0 Å². The van der Waals surface area contributed by atoms with Gasteiger partial charge in [0, 0.05) is 0 Å². The number of hydrogen-bond acceptors (Lipinski definition) is 2. The zero-order valence-corrected chi connectivity index (χ0v) is 11.2. The quantitative estimate of drug-likeness (QED) is 0.814. The van der Waals surface area contributed by atoms with E-state index in [1.54, 1.807) is 14.2 Å². The Morgan fingerprint density at radius 1 is 0.944 bits per heavy atom. The van der Waals surface area contributed by atoms with Gasteiger partial charge in [0.05, 0.1) is 14.2 Å². The fourth-order valence-corrected chi connectivity index (χ4v) is 2.11. The van der Waals surface area contributed by atoms with Gasteiger partial charge in [0.1, 0.15) is 11.5 Å². The van der Waals surface area contributed by atoms with Crippen LogP contribution in [0.15, 0.2) is 30.3 Å². The monoisotopic (exact) mass is 241 g/mol. The van der Waals surface area contributed by atoms with E-state index in [2.05, 4.69) is 12.1 Å². The van der Waals surface area contributed by atoms with Crippen LogP contribution >= 0.6 is 0 Å². The van der Waals surface area contributed by atoms with Gasteiger partial charge in [-0.05, 0) is 60.4 Å². The van der Waals surface area contributed by atoms with E-state index in [0.717, 1.165) is 33.8 Å². The van der Waals surface area contributed by atoms with Crippen LogP contribution < -0.4 is 9.47 Å². The first-order valence-electron chi connectivity index (χ1n) is 5.87. The third-order valence-corrected chi connectivity index (χ3v) is 3.11. The van der Waals surface area contributed by atoms with Crippen LogP contribution in [0.3, 0.4) is 0 Å². The summed E-state index contributed by atoms with van der Waals surface area (Å²) in [6.45, 7) is 4.09. The minimum absolute atomic E-state index is 0.886. The van der Waals surface area contributed by atoms with Crippen LogP contribution in [0.4, 0.5) is 0 Å². The topological polar surface area (TPSA) is 18.5 Å². The summed E-state index contributed by atoms with van der Waals surface area (Å²) in [7, 11) is 3.37. The summed E-state index contributed by atoms with van der Waals surface area (Å²) < 4.78 is 10.6. The predicted octanol–water partition coefficient (Wildman–Crippen LogP) is 3.79. The Hall–Kier alpha value is -1.96. The lowest BCUT2D eigenvalue weighted by molar-refractivity contribution is 0.411. The van der Waals surface area contributed by atoms with Gasteiger partial charge >= 0.3 is 0 Å². The van der Waals surface area contributed by atoms with Gasteiger partial charge in [-0.15, -0.1) is 0 Å². The molecule has 0 aliphatic carbocycles. The van der Waals surface area contributed by atoms with E-state index in [4.69, 9.17) is 9.47 Å². The van der Waals surface area contributed by atoms with Gasteiger partial charge in [-0.2, -0.15) is 0 Å². The van der Waals surface area contributed by atoms with Crippen LogP contribution in [0.2, 0.25) is 0 Å². The van der Waals surface area contributed by atoms with Crippen LogP contribution in [-0.4, -0.2) is 14.2 Å². The second kappa shape index (κ2) is 5.13. The van der Waals surface area contributed by atoms with E-state index < -0.39 is 0 Å². The Balaban J connectivity index is 2.52. The van der Waals surface area contributed by atoms with E-state index in [1.807, 2.05) is 38.1 Å². The normalized spacial score (nSPS) is 10.2. The van der Waals surface area contributed by atoms with Crippen LogP contribution in [0, 0.1) is 19.9 Å². The van der Waals surface area contributed by atoms with Crippen molar-refractivity contribution in [3.05, 3.63) is 47.5 Å². The lowest BCUT2D eigenvalue weighted by atomic mass is 9.98. The molecular formula is C16H17O2. The summed E-state index contributed by atoms with van der Waals surface area (Å²) in [6, 6.07) is 13.2. The van der Waals surface area contributed by atoms with Crippen molar-refractivity contribution < 1.29 is 9.47 Å². The zero-order chi connectivity index (χ0) is 13.1. The molecule has 0 bridgehead atoms. The molecule has 2 aromatic rings. The first-order chi connectivity index (χ1) is 8.67. The highest BCUT2D eigenvalue weighted by atomic mass is 16.5. The first kappa shape index (κ1) is 12.5. The van der Waals surface area contributed by atoms with E-state index in [0.29, 0.717) is 0 Å². The van der Waals surface area contributed by atoms with Crippen molar-refractivity contribution >= 4 is 0 Å². The minimum atomic E-state index is 0.886. The Bertz CT molecular complexity index is 559. The van der Waals surface area contributed by atoms with Crippen molar-refractivity contribution in [2.45, 2.75) is 13.8 Å². The predicted molar refractivity (Wildman–Crippen MR) is 73.3 cm³/mol. The minimum Gasteiger partial charge on any atom is -0.496 e. The average molecular weight is 241 g/mol. The van der Waals surface area contributed by atoms with Crippen LogP contribution in [0.1, 0.15) is 11.1 Å². The largest absolute Gasteiger partial charge is 0.496 e. The molecule has 0 heterocycles. The fraction of sp³-hybridized carbons (Fsp3) is 0.250. The molecule has 0 fully saturated rings. The number of rotatable bonds is 3. The Labute approximate surface area is 108 Å². The molecule has 0 saturated heterocycles. The molecule has 1 radical (unpaired) electrons. The Morgan fingerprint density at radius 2 is 1.67 bits per heavy atom. The van der Waals surface area contributed by atoms with Crippen LogP contribution in [0.5, 0.6) is 11.5 Å². The van der Waals surface area contributed by atoms with Crippen molar-refractivity contribution in [2.75, 3.05) is 14.2 Å². The highest BCUT2D eigenvalue weighted by Gasteiger charge is 2.08. The first-order valence-corrected chi connectivity index (χ1v) is 5.87. The maximum Gasteiger partial charge on any atom is 0.122 e.